The molecule has 8 heteroatoms. The van der Waals surface area contributed by atoms with Crippen LogP contribution in [0.3, 0.4) is 0 Å². The van der Waals surface area contributed by atoms with E-state index in [1.54, 1.807) is 0 Å². The molecular weight excluding hydrogens is 464 g/mol. The third kappa shape index (κ3) is 12.0. The summed E-state index contributed by atoms with van der Waals surface area (Å²) in [6.07, 6.45) is 9.32. The zero-order valence-corrected chi connectivity index (χ0v) is 22.0. The monoisotopic (exact) mass is 506 g/mol. The first-order valence-corrected chi connectivity index (χ1v) is 12.8. The molecule has 36 heavy (non-hydrogen) atoms. The number of carbonyl (C=O) groups is 4. The Bertz CT molecular complexity index is 889. The second-order valence-electron chi connectivity index (χ2n) is 8.87. The summed E-state index contributed by atoms with van der Waals surface area (Å²) in [7, 11) is 0. The molecule has 1 atom stereocenters. The van der Waals surface area contributed by atoms with Crippen LogP contribution in [0.1, 0.15) is 98.3 Å². The van der Waals surface area contributed by atoms with Crippen LogP contribution >= 0.6 is 0 Å². The summed E-state index contributed by atoms with van der Waals surface area (Å²) in [5.41, 5.74) is -0.195. The van der Waals surface area contributed by atoms with Crippen molar-refractivity contribution in [1.82, 2.24) is 0 Å². The molecule has 0 radical (unpaired) electrons. The van der Waals surface area contributed by atoms with Gasteiger partial charge in [0.15, 0.2) is 0 Å². The highest BCUT2D eigenvalue weighted by Gasteiger charge is 2.25. The van der Waals surface area contributed by atoms with Crippen molar-refractivity contribution in [1.29, 1.82) is 0 Å². The second-order valence-corrected chi connectivity index (χ2v) is 8.87. The Kier molecular flexibility index (Phi) is 16.6. The number of hydrogen-bond acceptors (Lipinski definition) is 4. The average Bonchev–Trinajstić information content (AvgIpc) is 2.81. The second kappa shape index (κ2) is 18.2. The molecule has 0 bridgehead atoms. The van der Waals surface area contributed by atoms with Crippen LogP contribution < -0.4 is 0 Å². The molecule has 0 aromatic heterocycles. The minimum Gasteiger partial charge on any atom is -0.478 e. The number of rotatable bonds is 19. The van der Waals surface area contributed by atoms with Crippen LogP contribution in [0.25, 0.3) is 0 Å². The maximum Gasteiger partial charge on any atom is 0.335 e. The predicted octanol–water partition coefficient (Wildman–Crippen LogP) is 6.39. The summed E-state index contributed by atoms with van der Waals surface area (Å²) in [5, 5.41) is 39.1. The molecule has 0 spiro atoms. The molecule has 0 saturated heterocycles. The van der Waals surface area contributed by atoms with E-state index in [9.17, 15) is 34.5 Å². The van der Waals surface area contributed by atoms with Gasteiger partial charge >= 0.3 is 23.9 Å². The van der Waals surface area contributed by atoms with E-state index in [1.807, 2.05) is 27.7 Å². The largest absolute Gasteiger partial charge is 0.478 e. The first-order valence-electron chi connectivity index (χ1n) is 12.8. The Morgan fingerprint density at radius 1 is 0.667 bits per heavy atom. The van der Waals surface area contributed by atoms with Crippen LogP contribution in [0, 0.1) is 5.92 Å². The lowest BCUT2D eigenvalue weighted by atomic mass is 9.84. The lowest BCUT2D eigenvalue weighted by Crippen LogP contribution is -2.14. The summed E-state index contributed by atoms with van der Waals surface area (Å²) in [6.45, 7) is 7.81. The van der Waals surface area contributed by atoms with Crippen LogP contribution in [0.4, 0.5) is 0 Å². The van der Waals surface area contributed by atoms with E-state index in [1.165, 1.54) is 6.08 Å². The van der Waals surface area contributed by atoms with Crippen LogP contribution in [-0.2, 0) is 19.2 Å². The summed E-state index contributed by atoms with van der Waals surface area (Å²) in [6, 6.07) is 0. The Balaban J connectivity index is 7.54. The zero-order valence-electron chi connectivity index (χ0n) is 22.0. The predicted molar refractivity (Wildman–Crippen MR) is 139 cm³/mol. The van der Waals surface area contributed by atoms with Crippen LogP contribution in [0.5, 0.6) is 0 Å². The fourth-order valence-corrected chi connectivity index (χ4v) is 3.91. The molecule has 0 fully saturated rings. The van der Waals surface area contributed by atoms with Crippen molar-refractivity contribution in [2.45, 2.75) is 98.3 Å². The number of unbranched alkanes of at least 4 members (excludes halogenated alkanes) is 3. The van der Waals surface area contributed by atoms with Gasteiger partial charge in [0.05, 0.1) is 5.57 Å². The number of hydrogen-bond donors (Lipinski definition) is 4. The van der Waals surface area contributed by atoms with Gasteiger partial charge in [0.25, 0.3) is 0 Å². The van der Waals surface area contributed by atoms with E-state index < -0.39 is 23.9 Å². The lowest BCUT2D eigenvalue weighted by molar-refractivity contribution is -0.134. The Labute approximate surface area is 214 Å². The fourth-order valence-electron chi connectivity index (χ4n) is 3.91. The first-order chi connectivity index (χ1) is 17.0. The van der Waals surface area contributed by atoms with Gasteiger partial charge in [-0.3, -0.25) is 0 Å². The molecule has 0 rings (SSSR count). The maximum atomic E-state index is 12.6. The summed E-state index contributed by atoms with van der Waals surface area (Å²) in [5.74, 6) is -5.16. The SMILES string of the molecule is CCCCC(=CC(=C(CC(CC)CCCC)C(=O)O)C(CCCC)=C(C=CC(=O)O)C(=O)O)C(=O)O. The number of carboxylic acid groups (broad SMARTS) is 4. The molecule has 1 unspecified atom stereocenters. The highest BCUT2D eigenvalue weighted by Crippen LogP contribution is 2.33. The Morgan fingerprint density at radius 2 is 1.25 bits per heavy atom. The highest BCUT2D eigenvalue weighted by atomic mass is 16.4. The number of carboxylic acids is 4. The quantitative estimate of drug-likeness (QED) is 0.116. The lowest BCUT2D eigenvalue weighted by Gasteiger charge is -2.20. The standard InChI is InChI=1S/C28H42O8/c1-5-9-12-19(8-4)17-24(28(35)36)23(18-20(26(31)32)13-10-6-2)21(14-11-7-3)22(27(33)34)15-16-25(29)30/h15-16,18-19H,5-14,17H2,1-4H3,(H,29,30)(H,31,32)(H,33,34)(H,35,36). The van der Waals surface area contributed by atoms with E-state index in [0.717, 1.165) is 31.8 Å². The fraction of sp³-hybridized carbons (Fsp3) is 0.571. The van der Waals surface area contributed by atoms with Crippen molar-refractivity contribution in [3.63, 3.8) is 0 Å². The molecule has 4 N–H and O–H groups in total. The van der Waals surface area contributed by atoms with E-state index in [-0.39, 0.29) is 53.0 Å². The maximum absolute atomic E-state index is 12.6. The number of allylic oxidation sites excluding steroid dienone is 3. The summed E-state index contributed by atoms with van der Waals surface area (Å²) in [4.78, 5) is 48.0. The molecule has 202 valence electrons. The van der Waals surface area contributed by atoms with Crippen molar-refractivity contribution in [3.8, 4) is 0 Å². The Hall–Kier alpha value is -3.16. The van der Waals surface area contributed by atoms with Gasteiger partial charge in [-0.1, -0.05) is 66.2 Å². The third-order valence-corrected chi connectivity index (χ3v) is 6.07. The van der Waals surface area contributed by atoms with Crippen LogP contribution in [0.2, 0.25) is 0 Å². The average molecular weight is 507 g/mol. The van der Waals surface area contributed by atoms with Crippen molar-refractivity contribution in [2.24, 2.45) is 5.92 Å². The van der Waals surface area contributed by atoms with Gasteiger partial charge in [-0.05, 0) is 61.3 Å². The molecule has 8 nitrogen and oxygen atoms in total. The van der Waals surface area contributed by atoms with Crippen LogP contribution in [0.15, 0.2) is 46.1 Å². The topological polar surface area (TPSA) is 149 Å². The van der Waals surface area contributed by atoms with E-state index >= 15 is 0 Å². The van der Waals surface area contributed by atoms with E-state index in [4.69, 9.17) is 5.11 Å². The third-order valence-electron chi connectivity index (χ3n) is 6.07. The highest BCUT2D eigenvalue weighted by molar-refractivity contribution is 5.97. The molecule has 0 amide bonds. The smallest absolute Gasteiger partial charge is 0.335 e. The van der Waals surface area contributed by atoms with Gasteiger partial charge in [-0.15, -0.1) is 0 Å². The summed E-state index contributed by atoms with van der Waals surface area (Å²) >= 11 is 0. The molecular formula is C28H42O8. The van der Waals surface area contributed by atoms with Crippen molar-refractivity contribution < 1.29 is 39.6 Å². The van der Waals surface area contributed by atoms with Gasteiger partial charge in [0.1, 0.15) is 0 Å². The minimum atomic E-state index is -1.40. The van der Waals surface area contributed by atoms with Crippen molar-refractivity contribution in [3.05, 3.63) is 46.1 Å². The van der Waals surface area contributed by atoms with Crippen molar-refractivity contribution in [2.75, 3.05) is 0 Å². The van der Waals surface area contributed by atoms with E-state index in [2.05, 4.69) is 0 Å². The number of aliphatic carboxylic acids is 4. The van der Waals surface area contributed by atoms with Gasteiger partial charge < -0.3 is 20.4 Å². The van der Waals surface area contributed by atoms with Gasteiger partial charge in [0.2, 0.25) is 0 Å². The molecule has 0 aliphatic rings. The first kappa shape index (κ1) is 32.8. The summed E-state index contributed by atoms with van der Waals surface area (Å²) < 4.78 is 0. The van der Waals surface area contributed by atoms with Crippen LogP contribution in [-0.4, -0.2) is 44.3 Å². The van der Waals surface area contributed by atoms with Gasteiger partial charge in [-0.25, -0.2) is 19.2 Å². The van der Waals surface area contributed by atoms with Gasteiger partial charge in [-0.2, -0.15) is 0 Å². The molecule has 0 heterocycles. The Morgan fingerprint density at radius 3 is 1.69 bits per heavy atom. The minimum absolute atomic E-state index is 0.00634. The molecule has 0 saturated carbocycles. The normalized spacial score (nSPS) is 14.3. The molecule has 0 aromatic rings. The van der Waals surface area contributed by atoms with Crippen molar-refractivity contribution >= 4 is 23.9 Å². The van der Waals surface area contributed by atoms with Gasteiger partial charge in [0, 0.05) is 17.2 Å². The molecule has 0 aliphatic heterocycles. The van der Waals surface area contributed by atoms with E-state index in [0.29, 0.717) is 31.8 Å². The molecule has 0 aliphatic carbocycles. The molecule has 0 aromatic carbocycles. The zero-order chi connectivity index (χ0) is 27.7.